The van der Waals surface area contributed by atoms with Crippen molar-refractivity contribution >= 4 is 5.97 Å². The number of ether oxygens (including phenoxy) is 2. The molecule has 0 bridgehead atoms. The molecule has 2 rings (SSSR count). The Morgan fingerprint density at radius 1 is 1.37 bits per heavy atom. The zero-order valence-electron chi connectivity index (χ0n) is 10.5. The molecule has 0 unspecified atom stereocenters. The van der Waals surface area contributed by atoms with Crippen LogP contribution in [0.5, 0.6) is 11.5 Å². The number of rotatable bonds is 5. The summed E-state index contributed by atoms with van der Waals surface area (Å²) in [6.07, 6.45) is 5.24. The van der Waals surface area contributed by atoms with E-state index in [0.717, 1.165) is 11.3 Å². The van der Waals surface area contributed by atoms with Crippen LogP contribution >= 0.6 is 0 Å². The van der Waals surface area contributed by atoms with Gasteiger partial charge in [0, 0.05) is 6.54 Å². The summed E-state index contributed by atoms with van der Waals surface area (Å²) in [5, 5.41) is 8.83. The fourth-order valence-corrected chi connectivity index (χ4v) is 1.93. The van der Waals surface area contributed by atoms with E-state index in [-0.39, 0.29) is 6.54 Å². The molecular formula is C14H15NO4. The van der Waals surface area contributed by atoms with Crippen LogP contribution < -0.4 is 9.47 Å². The van der Waals surface area contributed by atoms with Crippen molar-refractivity contribution in [3.05, 3.63) is 23.8 Å². The number of carboxylic acid groups (broad SMARTS) is 1. The maximum absolute atomic E-state index is 10.8. The quantitative estimate of drug-likeness (QED) is 0.801. The Hall–Kier alpha value is -2.19. The molecule has 0 saturated heterocycles. The van der Waals surface area contributed by atoms with Crippen LogP contribution in [0.25, 0.3) is 0 Å². The number of fused-ring (bicyclic) bond motifs is 1. The molecule has 0 aromatic heterocycles. The molecule has 0 atom stereocenters. The van der Waals surface area contributed by atoms with Crippen molar-refractivity contribution in [3.8, 4) is 23.8 Å². The molecule has 0 fully saturated rings. The van der Waals surface area contributed by atoms with E-state index < -0.39 is 5.97 Å². The third-order valence-electron chi connectivity index (χ3n) is 2.69. The van der Waals surface area contributed by atoms with E-state index in [2.05, 4.69) is 5.92 Å². The highest BCUT2D eigenvalue weighted by molar-refractivity contribution is 5.69. The van der Waals surface area contributed by atoms with Crippen molar-refractivity contribution in [2.45, 2.75) is 6.54 Å². The Balaban J connectivity index is 2.08. The predicted molar refractivity (Wildman–Crippen MR) is 69.2 cm³/mol. The van der Waals surface area contributed by atoms with Gasteiger partial charge in [-0.2, -0.15) is 0 Å². The zero-order chi connectivity index (χ0) is 13.7. The highest BCUT2D eigenvalue weighted by atomic mass is 16.6. The van der Waals surface area contributed by atoms with Gasteiger partial charge in [-0.15, -0.1) is 6.42 Å². The van der Waals surface area contributed by atoms with Gasteiger partial charge in [0.1, 0.15) is 13.2 Å². The fraction of sp³-hybridized carbons (Fsp3) is 0.357. The summed E-state index contributed by atoms with van der Waals surface area (Å²) in [7, 11) is 0. The lowest BCUT2D eigenvalue weighted by atomic mass is 10.2. The first-order chi connectivity index (χ1) is 9.19. The summed E-state index contributed by atoms with van der Waals surface area (Å²) in [4.78, 5) is 12.4. The van der Waals surface area contributed by atoms with Crippen LogP contribution in [0, 0.1) is 12.3 Å². The third-order valence-corrected chi connectivity index (χ3v) is 2.69. The van der Waals surface area contributed by atoms with Gasteiger partial charge in [-0.25, -0.2) is 0 Å². The largest absolute Gasteiger partial charge is 0.486 e. The fourth-order valence-electron chi connectivity index (χ4n) is 1.93. The second-order valence-electron chi connectivity index (χ2n) is 4.22. The van der Waals surface area contributed by atoms with Gasteiger partial charge in [0.2, 0.25) is 0 Å². The van der Waals surface area contributed by atoms with Crippen LogP contribution in [0.2, 0.25) is 0 Å². The average molecular weight is 261 g/mol. The van der Waals surface area contributed by atoms with Crippen molar-refractivity contribution in [2.75, 3.05) is 26.3 Å². The lowest BCUT2D eigenvalue weighted by molar-refractivity contribution is -0.138. The van der Waals surface area contributed by atoms with Gasteiger partial charge in [0.05, 0.1) is 13.1 Å². The smallest absolute Gasteiger partial charge is 0.317 e. The van der Waals surface area contributed by atoms with Crippen molar-refractivity contribution < 1.29 is 19.4 Å². The molecule has 0 amide bonds. The molecule has 0 aliphatic carbocycles. The summed E-state index contributed by atoms with van der Waals surface area (Å²) in [5.41, 5.74) is 0.945. The number of carbonyl (C=O) groups is 1. The molecule has 19 heavy (non-hydrogen) atoms. The molecule has 0 radical (unpaired) electrons. The Bertz CT molecular complexity index is 507. The topological polar surface area (TPSA) is 59.0 Å². The summed E-state index contributed by atoms with van der Waals surface area (Å²) in [6, 6.07) is 5.58. The zero-order valence-corrected chi connectivity index (χ0v) is 10.5. The summed E-state index contributed by atoms with van der Waals surface area (Å²) in [6.45, 7) is 1.75. The number of carboxylic acids is 1. The molecule has 5 nitrogen and oxygen atoms in total. The van der Waals surface area contributed by atoms with E-state index in [1.165, 1.54) is 0 Å². The van der Waals surface area contributed by atoms with E-state index >= 15 is 0 Å². The first-order valence-electron chi connectivity index (χ1n) is 5.95. The standard InChI is InChI=1S/C14H15NO4/c1-2-5-15(10-14(16)17)9-11-3-4-12-13(8-11)19-7-6-18-12/h1,3-4,8H,5-7,9-10H2,(H,16,17). The van der Waals surface area contributed by atoms with Gasteiger partial charge in [-0.3, -0.25) is 9.69 Å². The van der Waals surface area contributed by atoms with Crippen LogP contribution in [-0.4, -0.2) is 42.3 Å². The molecule has 1 aromatic rings. The maximum atomic E-state index is 10.8. The SMILES string of the molecule is C#CCN(CC(=O)O)Cc1ccc2c(c1)OCCO2. The molecule has 1 heterocycles. The van der Waals surface area contributed by atoms with Gasteiger partial charge in [0.25, 0.3) is 0 Å². The summed E-state index contributed by atoms with van der Waals surface area (Å²) < 4.78 is 10.9. The van der Waals surface area contributed by atoms with Gasteiger partial charge in [0.15, 0.2) is 11.5 Å². The van der Waals surface area contributed by atoms with E-state index in [0.29, 0.717) is 32.1 Å². The molecule has 1 aliphatic heterocycles. The predicted octanol–water partition coefficient (Wildman–Crippen LogP) is 0.978. The van der Waals surface area contributed by atoms with Crippen LogP contribution in [0.1, 0.15) is 5.56 Å². The first kappa shape index (κ1) is 13.2. The van der Waals surface area contributed by atoms with Crippen molar-refractivity contribution in [1.29, 1.82) is 0 Å². The van der Waals surface area contributed by atoms with E-state index in [4.69, 9.17) is 21.0 Å². The van der Waals surface area contributed by atoms with E-state index in [1.54, 1.807) is 4.90 Å². The Morgan fingerprint density at radius 3 is 2.79 bits per heavy atom. The van der Waals surface area contributed by atoms with Crippen molar-refractivity contribution in [1.82, 2.24) is 4.90 Å². The molecule has 1 N–H and O–H groups in total. The highest BCUT2D eigenvalue weighted by Crippen LogP contribution is 2.31. The Morgan fingerprint density at radius 2 is 2.11 bits per heavy atom. The van der Waals surface area contributed by atoms with Crippen molar-refractivity contribution in [3.63, 3.8) is 0 Å². The normalized spacial score (nSPS) is 13.1. The van der Waals surface area contributed by atoms with Gasteiger partial charge in [-0.1, -0.05) is 12.0 Å². The lowest BCUT2D eigenvalue weighted by Crippen LogP contribution is -2.29. The van der Waals surface area contributed by atoms with Gasteiger partial charge >= 0.3 is 5.97 Å². The van der Waals surface area contributed by atoms with E-state index in [1.807, 2.05) is 18.2 Å². The lowest BCUT2D eigenvalue weighted by Gasteiger charge is -2.21. The molecule has 1 aromatic carbocycles. The summed E-state index contributed by atoms with van der Waals surface area (Å²) >= 11 is 0. The molecule has 1 aliphatic rings. The first-order valence-corrected chi connectivity index (χ1v) is 5.95. The number of benzene rings is 1. The van der Waals surface area contributed by atoms with Gasteiger partial charge in [-0.05, 0) is 17.7 Å². The Kier molecular flexibility index (Phi) is 4.26. The maximum Gasteiger partial charge on any atom is 0.317 e. The van der Waals surface area contributed by atoms with E-state index in [9.17, 15) is 4.79 Å². The number of terminal acetylenes is 1. The Labute approximate surface area is 111 Å². The minimum atomic E-state index is -0.896. The number of aliphatic carboxylic acids is 1. The average Bonchev–Trinajstić information content (AvgIpc) is 2.38. The number of nitrogens with zero attached hydrogens (tertiary/aromatic N) is 1. The highest BCUT2D eigenvalue weighted by Gasteiger charge is 2.14. The minimum Gasteiger partial charge on any atom is -0.486 e. The minimum absolute atomic E-state index is 0.0847. The van der Waals surface area contributed by atoms with Crippen molar-refractivity contribution in [2.24, 2.45) is 0 Å². The third kappa shape index (κ3) is 3.63. The van der Waals surface area contributed by atoms with Crippen LogP contribution in [0.15, 0.2) is 18.2 Å². The molecular weight excluding hydrogens is 246 g/mol. The second kappa shape index (κ2) is 6.12. The van der Waals surface area contributed by atoms with Crippen LogP contribution in [0.4, 0.5) is 0 Å². The summed E-state index contributed by atoms with van der Waals surface area (Å²) in [5.74, 6) is 2.98. The van der Waals surface area contributed by atoms with Gasteiger partial charge < -0.3 is 14.6 Å². The molecule has 0 saturated carbocycles. The second-order valence-corrected chi connectivity index (χ2v) is 4.22. The van der Waals surface area contributed by atoms with Crippen LogP contribution in [0.3, 0.4) is 0 Å². The molecule has 0 spiro atoms. The number of hydrogen-bond donors (Lipinski definition) is 1. The number of hydrogen-bond acceptors (Lipinski definition) is 4. The van der Waals surface area contributed by atoms with Crippen LogP contribution in [-0.2, 0) is 11.3 Å². The monoisotopic (exact) mass is 261 g/mol. The molecule has 100 valence electrons. The molecule has 5 heteroatoms.